The van der Waals surface area contributed by atoms with Gasteiger partial charge >= 0.3 is 0 Å². The van der Waals surface area contributed by atoms with E-state index in [1.165, 1.54) is 11.1 Å². The minimum atomic E-state index is -0.515. The smallest absolute Gasteiger partial charge is 0.294 e. The number of benzene rings is 1. The summed E-state index contributed by atoms with van der Waals surface area (Å²) in [5.74, 6) is 0.117. The molecule has 154 valence electrons. The average molecular weight is 403 g/mol. The third-order valence-electron chi connectivity index (χ3n) is 5.32. The van der Waals surface area contributed by atoms with E-state index in [0.29, 0.717) is 25.9 Å². The van der Waals surface area contributed by atoms with Crippen LogP contribution in [0.15, 0.2) is 53.7 Å². The number of anilines is 1. The van der Waals surface area contributed by atoms with Crippen LogP contribution in [0.25, 0.3) is 0 Å². The number of hydrogen-bond donors (Lipinski definition) is 2. The molecule has 0 aliphatic carbocycles. The second kappa shape index (κ2) is 8.49. The fourth-order valence-electron chi connectivity index (χ4n) is 3.98. The molecule has 4 rings (SSSR count). The summed E-state index contributed by atoms with van der Waals surface area (Å²) in [4.78, 5) is 34.1. The van der Waals surface area contributed by atoms with Crippen LogP contribution in [0.3, 0.4) is 0 Å². The Balaban J connectivity index is 1.49. The zero-order chi connectivity index (χ0) is 21.1. The second-order valence-electron chi connectivity index (χ2n) is 7.75. The maximum Gasteiger partial charge on any atom is 0.294 e. The molecule has 1 amide bonds. The van der Waals surface area contributed by atoms with Crippen LogP contribution in [-0.2, 0) is 24.3 Å². The van der Waals surface area contributed by atoms with Crippen molar-refractivity contribution >= 4 is 11.7 Å². The molecular formula is C23H25N5O2. The van der Waals surface area contributed by atoms with Crippen molar-refractivity contribution in [2.75, 3.05) is 5.32 Å². The number of fused-ring (bicyclic) bond motifs is 1. The first-order chi connectivity index (χ1) is 14.5. The molecule has 1 atom stereocenters. The first kappa shape index (κ1) is 19.8. The predicted octanol–water partition coefficient (Wildman–Crippen LogP) is 2.67. The highest BCUT2D eigenvalue weighted by atomic mass is 16.2. The summed E-state index contributed by atoms with van der Waals surface area (Å²) in [6.07, 6.45) is 6.33. The summed E-state index contributed by atoms with van der Waals surface area (Å²) in [6, 6.07) is 9.48. The SMILES string of the molecule is Cc1cc(C)cc(CNc2ncc3n(c2=O)[C@H](C(=O)NCc2ccncc2)CC3)c1. The first-order valence-electron chi connectivity index (χ1n) is 10.1. The number of pyridine rings is 1. The van der Waals surface area contributed by atoms with Gasteiger partial charge in [0.15, 0.2) is 5.82 Å². The second-order valence-corrected chi connectivity index (χ2v) is 7.75. The number of carbonyl (C=O) groups excluding carboxylic acids is 1. The van der Waals surface area contributed by atoms with Gasteiger partial charge in [0.1, 0.15) is 6.04 Å². The van der Waals surface area contributed by atoms with Crippen molar-refractivity contribution in [3.05, 3.63) is 87.2 Å². The Hall–Kier alpha value is -3.48. The molecule has 2 N–H and O–H groups in total. The van der Waals surface area contributed by atoms with Gasteiger partial charge in [0, 0.05) is 37.4 Å². The van der Waals surface area contributed by atoms with Gasteiger partial charge in [-0.3, -0.25) is 19.1 Å². The average Bonchev–Trinajstić information content (AvgIpc) is 3.17. The largest absolute Gasteiger partial charge is 0.361 e. The third kappa shape index (κ3) is 4.25. The molecule has 0 fully saturated rings. The monoisotopic (exact) mass is 403 g/mol. The molecule has 0 saturated carbocycles. The number of carbonyl (C=O) groups is 1. The molecular weight excluding hydrogens is 378 g/mol. The summed E-state index contributed by atoms with van der Waals surface area (Å²) >= 11 is 0. The zero-order valence-electron chi connectivity index (χ0n) is 17.2. The lowest BCUT2D eigenvalue weighted by Crippen LogP contribution is -2.36. The van der Waals surface area contributed by atoms with E-state index in [1.807, 2.05) is 26.0 Å². The zero-order valence-corrected chi connectivity index (χ0v) is 17.2. The van der Waals surface area contributed by atoms with E-state index in [1.54, 1.807) is 23.2 Å². The fraction of sp³-hybridized carbons (Fsp3) is 0.304. The Morgan fingerprint density at radius 2 is 1.83 bits per heavy atom. The molecule has 0 bridgehead atoms. The Morgan fingerprint density at radius 3 is 2.57 bits per heavy atom. The summed E-state index contributed by atoms with van der Waals surface area (Å²) in [5, 5.41) is 6.08. The van der Waals surface area contributed by atoms with E-state index in [4.69, 9.17) is 0 Å². The standard InChI is InChI=1S/C23H25N5O2/c1-15-9-16(2)11-18(10-15)13-25-21-23(30)28-19(14-26-21)3-4-20(28)22(29)27-12-17-5-7-24-8-6-17/h5-11,14,20H,3-4,12-13H2,1-2H3,(H,25,26)(H,27,29)/t20-/m0/s1. The molecule has 7 heteroatoms. The first-order valence-corrected chi connectivity index (χ1v) is 10.1. The van der Waals surface area contributed by atoms with Gasteiger partial charge in [-0.15, -0.1) is 0 Å². The summed E-state index contributed by atoms with van der Waals surface area (Å²) < 4.78 is 1.58. The van der Waals surface area contributed by atoms with Crippen LogP contribution in [0.2, 0.25) is 0 Å². The van der Waals surface area contributed by atoms with Gasteiger partial charge in [0.2, 0.25) is 5.91 Å². The van der Waals surface area contributed by atoms with Crippen molar-refractivity contribution < 1.29 is 4.79 Å². The van der Waals surface area contributed by atoms with Crippen molar-refractivity contribution in [3.63, 3.8) is 0 Å². The number of nitrogens with zero attached hydrogens (tertiary/aromatic N) is 3. The Morgan fingerprint density at radius 1 is 1.10 bits per heavy atom. The van der Waals surface area contributed by atoms with Crippen molar-refractivity contribution in [1.29, 1.82) is 0 Å². The maximum absolute atomic E-state index is 13.1. The lowest BCUT2D eigenvalue weighted by Gasteiger charge is -2.16. The van der Waals surface area contributed by atoms with Crippen LogP contribution in [0, 0.1) is 13.8 Å². The Labute approximate surface area is 175 Å². The van der Waals surface area contributed by atoms with Gasteiger partial charge in [-0.2, -0.15) is 0 Å². The van der Waals surface area contributed by atoms with E-state index in [9.17, 15) is 9.59 Å². The number of nitrogens with one attached hydrogen (secondary N) is 2. The molecule has 2 aromatic heterocycles. The molecule has 0 spiro atoms. The Bertz CT molecular complexity index is 1100. The van der Waals surface area contributed by atoms with Gasteiger partial charge < -0.3 is 10.6 Å². The molecule has 1 aliphatic heterocycles. The molecule has 3 aromatic rings. The summed E-state index contributed by atoms with van der Waals surface area (Å²) in [5.41, 5.74) is 4.95. The summed E-state index contributed by atoms with van der Waals surface area (Å²) in [6.45, 7) is 5.01. The number of aryl methyl sites for hydroxylation is 3. The summed E-state index contributed by atoms with van der Waals surface area (Å²) in [7, 11) is 0. The van der Waals surface area contributed by atoms with E-state index in [2.05, 4.69) is 38.8 Å². The highest BCUT2D eigenvalue weighted by Crippen LogP contribution is 2.24. The van der Waals surface area contributed by atoms with Gasteiger partial charge in [-0.05, 0) is 49.9 Å². The third-order valence-corrected chi connectivity index (χ3v) is 5.32. The van der Waals surface area contributed by atoms with Gasteiger partial charge in [-0.25, -0.2) is 4.98 Å². The van der Waals surface area contributed by atoms with E-state index in [0.717, 1.165) is 16.8 Å². The minimum absolute atomic E-state index is 0.154. The predicted molar refractivity (Wildman–Crippen MR) is 115 cm³/mol. The van der Waals surface area contributed by atoms with Crippen molar-refractivity contribution in [2.24, 2.45) is 0 Å². The molecule has 1 aromatic carbocycles. The quantitative estimate of drug-likeness (QED) is 0.661. The Kier molecular flexibility index (Phi) is 5.61. The van der Waals surface area contributed by atoms with Gasteiger partial charge in [0.25, 0.3) is 5.56 Å². The van der Waals surface area contributed by atoms with Crippen LogP contribution in [0.4, 0.5) is 5.82 Å². The molecule has 3 heterocycles. The van der Waals surface area contributed by atoms with Crippen LogP contribution < -0.4 is 16.2 Å². The van der Waals surface area contributed by atoms with Crippen LogP contribution in [0.5, 0.6) is 0 Å². The number of hydrogen-bond acceptors (Lipinski definition) is 5. The van der Waals surface area contributed by atoms with Crippen molar-refractivity contribution in [1.82, 2.24) is 19.9 Å². The fourth-order valence-corrected chi connectivity index (χ4v) is 3.98. The van der Waals surface area contributed by atoms with E-state index < -0.39 is 6.04 Å². The van der Waals surface area contributed by atoms with E-state index in [-0.39, 0.29) is 17.3 Å². The minimum Gasteiger partial charge on any atom is -0.361 e. The van der Waals surface area contributed by atoms with E-state index >= 15 is 0 Å². The molecule has 1 aliphatic rings. The molecule has 30 heavy (non-hydrogen) atoms. The number of rotatable bonds is 6. The molecule has 0 unspecified atom stereocenters. The lowest BCUT2D eigenvalue weighted by atomic mass is 10.1. The normalized spacial score (nSPS) is 14.9. The molecule has 7 nitrogen and oxygen atoms in total. The van der Waals surface area contributed by atoms with Crippen LogP contribution in [-0.4, -0.2) is 20.4 Å². The highest BCUT2D eigenvalue weighted by Gasteiger charge is 2.30. The molecule has 0 saturated heterocycles. The van der Waals surface area contributed by atoms with Crippen molar-refractivity contribution in [2.45, 2.75) is 45.8 Å². The molecule has 0 radical (unpaired) electrons. The number of aromatic nitrogens is 3. The maximum atomic E-state index is 13.1. The lowest BCUT2D eigenvalue weighted by molar-refractivity contribution is -0.124. The van der Waals surface area contributed by atoms with Crippen LogP contribution in [0.1, 0.15) is 40.4 Å². The van der Waals surface area contributed by atoms with Crippen LogP contribution >= 0.6 is 0 Å². The highest BCUT2D eigenvalue weighted by molar-refractivity contribution is 5.81. The number of amides is 1. The topological polar surface area (TPSA) is 88.9 Å². The van der Waals surface area contributed by atoms with Gasteiger partial charge in [-0.1, -0.05) is 29.3 Å². The van der Waals surface area contributed by atoms with Gasteiger partial charge in [0.05, 0.1) is 0 Å². The van der Waals surface area contributed by atoms with Crippen molar-refractivity contribution in [3.8, 4) is 0 Å².